The highest BCUT2D eigenvalue weighted by atomic mass is 16.2. The lowest BCUT2D eigenvalue weighted by Gasteiger charge is -2.56. The van der Waals surface area contributed by atoms with Gasteiger partial charge in [-0.25, -0.2) is 0 Å². The first-order valence-electron chi connectivity index (χ1n) is 9.86. The summed E-state index contributed by atoms with van der Waals surface area (Å²) in [5.41, 5.74) is 3.91. The molecule has 0 atom stereocenters. The normalized spacial score (nSPS) is 31.5. The van der Waals surface area contributed by atoms with Crippen molar-refractivity contribution in [3.8, 4) is 0 Å². The van der Waals surface area contributed by atoms with E-state index < -0.39 is 0 Å². The lowest BCUT2D eigenvalue weighted by Crippen LogP contribution is -2.49. The molecule has 0 aromatic heterocycles. The van der Waals surface area contributed by atoms with Crippen LogP contribution in [0.2, 0.25) is 0 Å². The van der Waals surface area contributed by atoms with E-state index in [1.54, 1.807) is 12.1 Å². The Morgan fingerprint density at radius 2 is 1.58 bits per heavy atom. The van der Waals surface area contributed by atoms with Crippen molar-refractivity contribution in [3.05, 3.63) is 30.3 Å². The summed E-state index contributed by atoms with van der Waals surface area (Å²) in [6.45, 7) is 0.0301. The van der Waals surface area contributed by atoms with Gasteiger partial charge < -0.3 is 5.32 Å². The zero-order chi connectivity index (χ0) is 18.1. The average molecular weight is 355 g/mol. The summed E-state index contributed by atoms with van der Waals surface area (Å²) in [6.07, 6.45) is 8.40. The molecule has 1 aromatic carbocycles. The van der Waals surface area contributed by atoms with Crippen molar-refractivity contribution in [2.24, 2.45) is 23.2 Å². The van der Waals surface area contributed by atoms with Gasteiger partial charge in [-0.2, -0.15) is 0 Å². The van der Waals surface area contributed by atoms with Crippen molar-refractivity contribution in [1.82, 2.24) is 10.7 Å². The number of para-hydroxylation sites is 1. The van der Waals surface area contributed by atoms with Crippen molar-refractivity contribution < 1.29 is 9.59 Å². The molecule has 5 nitrogen and oxygen atoms in total. The number of rotatable bonds is 6. The van der Waals surface area contributed by atoms with Crippen LogP contribution in [-0.2, 0) is 9.59 Å². The Balaban J connectivity index is 1.25. The number of amides is 2. The minimum atomic E-state index is -0.199. The molecule has 0 spiro atoms. The van der Waals surface area contributed by atoms with Gasteiger partial charge in [0.25, 0.3) is 5.91 Å². The molecule has 140 valence electrons. The zero-order valence-electron chi connectivity index (χ0n) is 15.5. The van der Waals surface area contributed by atoms with Crippen LogP contribution in [0.3, 0.4) is 0 Å². The molecule has 5 heteroatoms. The predicted octanol–water partition coefficient (Wildman–Crippen LogP) is 2.88. The summed E-state index contributed by atoms with van der Waals surface area (Å²) in [5, 5.41) is 4.51. The van der Waals surface area contributed by atoms with E-state index in [4.69, 9.17) is 0 Å². The van der Waals surface area contributed by atoms with Crippen molar-refractivity contribution in [2.75, 3.05) is 18.6 Å². The Bertz CT molecular complexity index is 638. The van der Waals surface area contributed by atoms with E-state index in [0.29, 0.717) is 6.42 Å². The molecular formula is C21H29N3O2. The topological polar surface area (TPSA) is 61.4 Å². The third-order valence-electron chi connectivity index (χ3n) is 6.58. The summed E-state index contributed by atoms with van der Waals surface area (Å²) in [6, 6.07) is 9.62. The molecule has 0 saturated heterocycles. The highest BCUT2D eigenvalue weighted by Crippen LogP contribution is 2.61. The number of hydrogen-bond donors (Lipinski definition) is 2. The maximum absolute atomic E-state index is 12.5. The Kier molecular flexibility index (Phi) is 4.63. The fraction of sp³-hybridized carbons (Fsp3) is 0.619. The standard InChI is InChI=1S/C21H29N3O2/c1-24(18-5-3-2-4-6-18)23-20(26)14-22-19(25)13-21-10-15-7-16(11-21)9-17(8-15)12-21/h2-6,15-17H,7-14H2,1H3,(H,22,25)(H,23,26). The molecule has 5 rings (SSSR count). The quantitative estimate of drug-likeness (QED) is 0.772. The van der Waals surface area contributed by atoms with Crippen LogP contribution < -0.4 is 15.8 Å². The fourth-order valence-corrected chi connectivity index (χ4v) is 6.03. The highest BCUT2D eigenvalue weighted by Gasteiger charge is 2.51. The van der Waals surface area contributed by atoms with Gasteiger partial charge in [0.15, 0.2) is 0 Å². The minimum Gasteiger partial charge on any atom is -0.347 e. The van der Waals surface area contributed by atoms with Crippen LogP contribution in [0.15, 0.2) is 30.3 Å². The van der Waals surface area contributed by atoms with E-state index in [1.807, 2.05) is 30.3 Å². The Morgan fingerprint density at radius 3 is 2.15 bits per heavy atom. The Labute approximate surface area is 155 Å². The highest BCUT2D eigenvalue weighted by molar-refractivity contribution is 5.85. The van der Waals surface area contributed by atoms with Crippen LogP contribution in [-0.4, -0.2) is 25.4 Å². The molecule has 2 N–H and O–H groups in total. The number of nitrogens with zero attached hydrogens (tertiary/aromatic N) is 1. The first kappa shape index (κ1) is 17.4. The van der Waals surface area contributed by atoms with E-state index in [2.05, 4.69) is 10.7 Å². The molecule has 1 aromatic rings. The van der Waals surface area contributed by atoms with Crippen LogP contribution in [0, 0.1) is 23.2 Å². The average Bonchev–Trinajstić information content (AvgIpc) is 2.59. The van der Waals surface area contributed by atoms with Gasteiger partial charge in [-0.05, 0) is 73.8 Å². The molecule has 4 bridgehead atoms. The Morgan fingerprint density at radius 1 is 1.00 bits per heavy atom. The largest absolute Gasteiger partial charge is 0.347 e. The molecular weight excluding hydrogens is 326 g/mol. The second-order valence-electron chi connectivity index (χ2n) is 8.80. The van der Waals surface area contributed by atoms with E-state index in [0.717, 1.165) is 23.4 Å². The van der Waals surface area contributed by atoms with Crippen molar-refractivity contribution in [3.63, 3.8) is 0 Å². The lowest BCUT2D eigenvalue weighted by atomic mass is 9.49. The van der Waals surface area contributed by atoms with Crippen LogP contribution in [0.1, 0.15) is 44.9 Å². The molecule has 0 aliphatic heterocycles. The molecule has 4 saturated carbocycles. The third-order valence-corrected chi connectivity index (χ3v) is 6.58. The van der Waals surface area contributed by atoms with Gasteiger partial charge in [-0.15, -0.1) is 0 Å². The molecule has 26 heavy (non-hydrogen) atoms. The van der Waals surface area contributed by atoms with Gasteiger partial charge in [0.1, 0.15) is 0 Å². The first-order valence-corrected chi connectivity index (χ1v) is 9.86. The molecule has 4 aliphatic carbocycles. The van der Waals surface area contributed by atoms with Crippen molar-refractivity contribution in [2.45, 2.75) is 44.9 Å². The summed E-state index contributed by atoms with van der Waals surface area (Å²) in [4.78, 5) is 24.6. The number of carbonyl (C=O) groups is 2. The van der Waals surface area contributed by atoms with Crippen LogP contribution in [0.25, 0.3) is 0 Å². The summed E-state index contributed by atoms with van der Waals surface area (Å²) in [7, 11) is 1.80. The van der Waals surface area contributed by atoms with Gasteiger partial charge in [-0.3, -0.25) is 20.0 Å². The monoisotopic (exact) mass is 355 g/mol. The van der Waals surface area contributed by atoms with Crippen LogP contribution in [0.4, 0.5) is 5.69 Å². The van der Waals surface area contributed by atoms with Crippen LogP contribution >= 0.6 is 0 Å². The van der Waals surface area contributed by atoms with Gasteiger partial charge in [-0.1, -0.05) is 18.2 Å². The molecule has 2 amide bonds. The third kappa shape index (κ3) is 3.71. The van der Waals surface area contributed by atoms with Crippen molar-refractivity contribution >= 4 is 17.5 Å². The molecule has 0 heterocycles. The first-order chi connectivity index (χ1) is 12.5. The van der Waals surface area contributed by atoms with Crippen molar-refractivity contribution in [1.29, 1.82) is 0 Å². The van der Waals surface area contributed by atoms with Gasteiger partial charge >= 0.3 is 0 Å². The number of nitrogens with one attached hydrogen (secondary N) is 2. The van der Waals surface area contributed by atoms with E-state index in [1.165, 1.54) is 38.5 Å². The fourth-order valence-electron chi connectivity index (χ4n) is 6.03. The minimum absolute atomic E-state index is 0.0301. The summed E-state index contributed by atoms with van der Waals surface area (Å²) >= 11 is 0. The lowest BCUT2D eigenvalue weighted by molar-refractivity contribution is -0.131. The molecule has 0 radical (unpaired) electrons. The number of hydrogen-bond acceptors (Lipinski definition) is 3. The second kappa shape index (κ2) is 6.93. The number of anilines is 1. The van der Waals surface area contributed by atoms with Crippen LogP contribution in [0.5, 0.6) is 0 Å². The number of hydrazine groups is 1. The zero-order valence-corrected chi connectivity index (χ0v) is 15.5. The summed E-state index contributed by atoms with van der Waals surface area (Å²) in [5.74, 6) is 2.37. The van der Waals surface area contributed by atoms with E-state index in [9.17, 15) is 9.59 Å². The van der Waals surface area contributed by atoms with Gasteiger partial charge in [0.05, 0.1) is 12.2 Å². The van der Waals surface area contributed by atoms with Gasteiger partial charge in [0.2, 0.25) is 5.91 Å². The number of benzene rings is 1. The molecule has 4 aliphatic rings. The molecule has 4 fully saturated rings. The Hall–Kier alpha value is -2.04. The smallest absolute Gasteiger partial charge is 0.257 e. The molecule has 0 unspecified atom stereocenters. The second-order valence-corrected chi connectivity index (χ2v) is 8.80. The predicted molar refractivity (Wildman–Crippen MR) is 101 cm³/mol. The maximum Gasteiger partial charge on any atom is 0.257 e. The maximum atomic E-state index is 12.5. The van der Waals surface area contributed by atoms with Gasteiger partial charge in [0, 0.05) is 13.5 Å². The number of carbonyl (C=O) groups excluding carboxylic acids is 2. The van der Waals surface area contributed by atoms with E-state index in [-0.39, 0.29) is 23.8 Å². The van der Waals surface area contributed by atoms with E-state index >= 15 is 0 Å². The SMILES string of the molecule is CN(NC(=O)CNC(=O)CC12CC3CC(CC(C3)C1)C2)c1ccccc1. The summed E-state index contributed by atoms with van der Waals surface area (Å²) < 4.78 is 0.